The number of nitrogens with zero attached hydrogens (tertiary/aromatic N) is 2. The highest BCUT2D eigenvalue weighted by Gasteiger charge is 2.15. The van der Waals surface area contributed by atoms with E-state index >= 15 is 0 Å². The number of aromatic nitrogens is 2. The van der Waals surface area contributed by atoms with Crippen LogP contribution in [0.2, 0.25) is 10.0 Å². The number of esters is 1. The monoisotopic (exact) mass is 746 g/mol. The van der Waals surface area contributed by atoms with Crippen LogP contribution in [0.25, 0.3) is 0 Å². The molecule has 0 bridgehead atoms. The molecule has 6 aromatic rings. The van der Waals surface area contributed by atoms with Crippen molar-refractivity contribution in [2.24, 2.45) is 0 Å². The van der Waals surface area contributed by atoms with Gasteiger partial charge in [0.1, 0.15) is 24.7 Å². The van der Waals surface area contributed by atoms with Gasteiger partial charge in [-0.3, -0.25) is 0 Å². The highest BCUT2D eigenvalue weighted by atomic mass is 35.5. The van der Waals surface area contributed by atoms with Crippen LogP contribution in [-0.2, 0) is 30.8 Å². The van der Waals surface area contributed by atoms with E-state index in [0.717, 1.165) is 38.8 Å². The Balaban J connectivity index is 0.000000195. The summed E-state index contributed by atoms with van der Waals surface area (Å²) in [6.45, 7) is 3.03. The number of thiazole rings is 2. The molecule has 6 rings (SSSR count). The van der Waals surface area contributed by atoms with Crippen LogP contribution in [0.15, 0.2) is 108 Å². The zero-order valence-corrected chi connectivity index (χ0v) is 30.0. The second kappa shape index (κ2) is 18.3. The highest BCUT2D eigenvalue weighted by molar-refractivity contribution is 7.10. The molecule has 0 fully saturated rings. The molecule has 0 spiro atoms. The Hall–Kier alpha value is -4.74. The molecular weight excluding hydrogens is 715 g/mol. The molecular formula is C38H32Cl2N2O6S2. The van der Waals surface area contributed by atoms with E-state index in [2.05, 4.69) is 9.97 Å². The maximum Gasteiger partial charge on any atom is 0.357 e. The Morgan fingerprint density at radius 1 is 0.680 bits per heavy atom. The van der Waals surface area contributed by atoms with Gasteiger partial charge in [0.25, 0.3) is 0 Å². The number of hydrogen-bond acceptors (Lipinski definition) is 9. The Morgan fingerprint density at radius 3 is 1.58 bits per heavy atom. The Morgan fingerprint density at radius 2 is 1.14 bits per heavy atom. The first-order valence-electron chi connectivity index (χ1n) is 15.5. The molecule has 2 aromatic heterocycles. The first-order valence-corrected chi connectivity index (χ1v) is 18.0. The molecule has 4 aromatic carbocycles. The number of carboxylic acids is 1. The van der Waals surface area contributed by atoms with Crippen LogP contribution in [0, 0.1) is 0 Å². The van der Waals surface area contributed by atoms with Crippen molar-refractivity contribution in [2.45, 2.75) is 33.0 Å². The van der Waals surface area contributed by atoms with E-state index in [1.54, 1.807) is 24.4 Å². The quantitative estimate of drug-likeness (QED) is 0.116. The van der Waals surface area contributed by atoms with E-state index in [0.29, 0.717) is 53.4 Å². The molecule has 0 amide bonds. The van der Waals surface area contributed by atoms with Gasteiger partial charge in [-0.1, -0.05) is 83.9 Å². The standard InChI is InChI=1S/C20H18ClNO3S.C18H14ClNO3S/c1-2-24-20(23)17-13-26-19(22-17)11-15-10-16(21)8-9-18(15)25-12-14-6-4-3-5-7-14;19-14-6-7-16(23-10-12-4-2-1-3-5-12)13(8-14)9-17-20-15(11-24-17)18(21)22/h3-10,13H,2,11-12H2,1H3;1-8,11H,9-10H2,(H,21,22). The fourth-order valence-electron chi connectivity index (χ4n) is 4.63. The third-order valence-electron chi connectivity index (χ3n) is 7.01. The molecule has 2 heterocycles. The van der Waals surface area contributed by atoms with Crippen molar-refractivity contribution in [1.82, 2.24) is 9.97 Å². The lowest BCUT2D eigenvalue weighted by Gasteiger charge is -2.11. The van der Waals surface area contributed by atoms with Crippen LogP contribution in [0.5, 0.6) is 11.5 Å². The van der Waals surface area contributed by atoms with Gasteiger partial charge in [-0.2, -0.15) is 0 Å². The molecule has 0 radical (unpaired) electrons. The van der Waals surface area contributed by atoms with Crippen molar-refractivity contribution < 1.29 is 28.9 Å². The number of carboxylic acid groups (broad SMARTS) is 1. The molecule has 0 aliphatic rings. The lowest BCUT2D eigenvalue weighted by molar-refractivity contribution is 0.0519. The molecule has 0 unspecified atom stereocenters. The summed E-state index contributed by atoms with van der Waals surface area (Å²) in [6.07, 6.45) is 1.01. The summed E-state index contributed by atoms with van der Waals surface area (Å²) in [7, 11) is 0. The molecule has 50 heavy (non-hydrogen) atoms. The van der Waals surface area contributed by atoms with Crippen molar-refractivity contribution in [3.8, 4) is 11.5 Å². The number of rotatable bonds is 13. The number of ether oxygens (including phenoxy) is 3. The number of halogens is 2. The van der Waals surface area contributed by atoms with Crippen molar-refractivity contribution >= 4 is 57.8 Å². The van der Waals surface area contributed by atoms with Crippen LogP contribution in [0.1, 0.15) is 60.2 Å². The van der Waals surface area contributed by atoms with Crippen molar-refractivity contribution in [3.05, 3.63) is 162 Å². The average molecular weight is 748 g/mol. The summed E-state index contributed by atoms with van der Waals surface area (Å²) in [5.41, 5.74) is 4.36. The summed E-state index contributed by atoms with van der Waals surface area (Å²) in [5.74, 6) is 0.0484. The van der Waals surface area contributed by atoms with Crippen LogP contribution < -0.4 is 9.47 Å². The Kier molecular flexibility index (Phi) is 13.4. The van der Waals surface area contributed by atoms with Gasteiger partial charge >= 0.3 is 11.9 Å². The minimum absolute atomic E-state index is 0.0591. The van der Waals surface area contributed by atoms with Gasteiger partial charge in [0.2, 0.25) is 0 Å². The average Bonchev–Trinajstić information content (AvgIpc) is 3.79. The van der Waals surface area contributed by atoms with Gasteiger partial charge in [-0.05, 0) is 54.4 Å². The summed E-state index contributed by atoms with van der Waals surface area (Å²) in [5, 5.41) is 15.0. The van der Waals surface area contributed by atoms with E-state index in [1.165, 1.54) is 28.1 Å². The zero-order chi connectivity index (χ0) is 35.3. The topological polar surface area (TPSA) is 108 Å². The summed E-state index contributed by atoms with van der Waals surface area (Å²) >= 11 is 15.0. The second-order valence-electron chi connectivity index (χ2n) is 10.7. The van der Waals surface area contributed by atoms with Crippen LogP contribution in [0.4, 0.5) is 0 Å². The second-order valence-corrected chi connectivity index (χ2v) is 13.4. The number of benzene rings is 4. The maximum absolute atomic E-state index is 11.8. The first-order chi connectivity index (χ1) is 24.3. The summed E-state index contributed by atoms with van der Waals surface area (Å²) in [4.78, 5) is 31.2. The predicted octanol–water partition coefficient (Wildman–Crippen LogP) is 9.81. The minimum Gasteiger partial charge on any atom is -0.489 e. The van der Waals surface area contributed by atoms with E-state index in [4.69, 9.17) is 42.5 Å². The lowest BCUT2D eigenvalue weighted by Crippen LogP contribution is -2.05. The molecule has 8 nitrogen and oxygen atoms in total. The number of carbonyl (C=O) groups excluding carboxylic acids is 1. The molecule has 256 valence electrons. The van der Waals surface area contributed by atoms with Gasteiger partial charge in [-0.15, -0.1) is 22.7 Å². The van der Waals surface area contributed by atoms with E-state index in [1.807, 2.05) is 84.9 Å². The van der Waals surface area contributed by atoms with E-state index < -0.39 is 11.9 Å². The highest BCUT2D eigenvalue weighted by Crippen LogP contribution is 2.29. The summed E-state index contributed by atoms with van der Waals surface area (Å²) in [6, 6.07) is 30.8. The molecule has 0 atom stereocenters. The molecule has 0 aliphatic carbocycles. The fraction of sp³-hybridized carbons (Fsp3) is 0.158. The Labute approximate surface area is 307 Å². The van der Waals surface area contributed by atoms with Gasteiger partial charge in [0, 0.05) is 44.8 Å². The van der Waals surface area contributed by atoms with Crippen LogP contribution in [-0.4, -0.2) is 33.6 Å². The van der Waals surface area contributed by atoms with Crippen molar-refractivity contribution in [3.63, 3.8) is 0 Å². The third kappa shape index (κ3) is 10.9. The maximum atomic E-state index is 11.8. The van der Waals surface area contributed by atoms with E-state index in [-0.39, 0.29) is 5.69 Å². The molecule has 1 N–H and O–H groups in total. The first kappa shape index (κ1) is 36.5. The third-order valence-corrected chi connectivity index (χ3v) is 9.18. The number of carbonyl (C=O) groups is 2. The number of aromatic carboxylic acids is 1. The largest absolute Gasteiger partial charge is 0.489 e. The normalized spacial score (nSPS) is 10.5. The fourth-order valence-corrected chi connectivity index (χ4v) is 6.60. The zero-order valence-electron chi connectivity index (χ0n) is 26.9. The molecule has 12 heteroatoms. The lowest BCUT2D eigenvalue weighted by atomic mass is 10.1. The van der Waals surface area contributed by atoms with Gasteiger partial charge in [-0.25, -0.2) is 19.6 Å². The Bertz CT molecular complexity index is 2020. The molecule has 0 aliphatic heterocycles. The summed E-state index contributed by atoms with van der Waals surface area (Å²) < 4.78 is 16.9. The van der Waals surface area contributed by atoms with Gasteiger partial charge in [0.05, 0.1) is 16.6 Å². The minimum atomic E-state index is -1.02. The van der Waals surface area contributed by atoms with Crippen molar-refractivity contribution in [2.75, 3.05) is 6.61 Å². The SMILES string of the molecule is CCOC(=O)c1csc(Cc2cc(Cl)ccc2OCc2ccccc2)n1.O=C(O)c1csc(Cc2cc(Cl)ccc2OCc2ccccc2)n1. The van der Waals surface area contributed by atoms with Crippen LogP contribution in [0.3, 0.4) is 0 Å². The van der Waals surface area contributed by atoms with Gasteiger partial charge < -0.3 is 19.3 Å². The predicted molar refractivity (Wildman–Crippen MR) is 197 cm³/mol. The molecule has 0 saturated heterocycles. The van der Waals surface area contributed by atoms with Crippen LogP contribution >= 0.6 is 45.9 Å². The number of hydrogen-bond donors (Lipinski definition) is 1. The molecule has 0 saturated carbocycles. The smallest absolute Gasteiger partial charge is 0.357 e. The van der Waals surface area contributed by atoms with Crippen molar-refractivity contribution in [1.29, 1.82) is 0 Å². The van der Waals surface area contributed by atoms with Gasteiger partial charge in [0.15, 0.2) is 11.4 Å². The van der Waals surface area contributed by atoms with E-state index in [9.17, 15) is 9.59 Å².